The number of hydrogen-bond donors (Lipinski definition) is 0. The lowest BCUT2D eigenvalue weighted by molar-refractivity contribution is -0.600. The third-order valence-electron chi connectivity index (χ3n) is 14.7. The Morgan fingerprint density at radius 3 is 0.740 bits per heavy atom. The molecule has 0 amide bonds. The first-order valence-corrected chi connectivity index (χ1v) is 26.8. The van der Waals surface area contributed by atoms with Crippen LogP contribution in [0.15, 0.2) is 316 Å². The third-order valence-corrected chi connectivity index (χ3v) is 14.7. The topological polar surface area (TPSA) is 8.81 Å². The highest BCUT2D eigenvalue weighted by molar-refractivity contribution is 5.63. The number of imidazole rings is 1. The monoisotopic (exact) mass is 990 g/mol. The summed E-state index contributed by atoms with van der Waals surface area (Å²) in [6.07, 6.45) is 8.59. The average Bonchev–Trinajstić information content (AvgIpc) is 3.98. The first kappa shape index (κ1) is 49.8. The molecule has 1 aromatic heterocycles. The maximum atomic E-state index is 4.11. The van der Waals surface area contributed by atoms with Crippen molar-refractivity contribution in [1.29, 1.82) is 0 Å². The first-order valence-electron chi connectivity index (χ1n) is 26.8. The van der Waals surface area contributed by atoms with E-state index in [1.54, 1.807) is 0 Å². The van der Waals surface area contributed by atoms with Crippen LogP contribution in [0.1, 0.15) is 102 Å². The van der Waals surface area contributed by atoms with E-state index in [0.29, 0.717) is 0 Å². The molecule has 0 radical (unpaired) electrons. The summed E-state index contributed by atoms with van der Waals surface area (Å²) in [6.45, 7) is 4.50. The number of benzene rings is 11. The van der Waals surface area contributed by atoms with Crippen molar-refractivity contribution in [2.75, 3.05) is 0 Å². The quantitative estimate of drug-likeness (QED) is 0.0583. The second kappa shape index (κ2) is 23.9. The molecule has 77 heavy (non-hydrogen) atoms. The highest BCUT2D eigenvalue weighted by Crippen LogP contribution is 2.45. The summed E-state index contributed by atoms with van der Waals surface area (Å²) < 4.78 is 4.60. The molecule has 0 N–H and O–H groups in total. The average molecular weight is 991 g/mol. The van der Waals surface area contributed by atoms with Gasteiger partial charge < -0.3 is 0 Å². The van der Waals surface area contributed by atoms with E-state index in [9.17, 15) is 0 Å². The van der Waals surface area contributed by atoms with Gasteiger partial charge in [-0.25, -0.2) is 0 Å². The Kier molecular flexibility index (Phi) is 15.5. The summed E-state index contributed by atoms with van der Waals surface area (Å²) in [5.74, 6) is -0.300. The van der Waals surface area contributed by atoms with Gasteiger partial charge in [-0.2, -0.15) is 0 Å². The van der Waals surface area contributed by atoms with E-state index in [1.165, 1.54) is 77.9 Å². The fourth-order valence-electron chi connectivity index (χ4n) is 11.4. The van der Waals surface area contributed by atoms with E-state index in [2.05, 4.69) is 309 Å². The predicted molar refractivity (Wildman–Crippen MR) is 317 cm³/mol. The van der Waals surface area contributed by atoms with Gasteiger partial charge in [0.15, 0.2) is 0 Å². The lowest BCUT2D eigenvalue weighted by Crippen LogP contribution is -2.34. The van der Waals surface area contributed by atoms with Crippen molar-refractivity contribution in [2.45, 2.75) is 37.5 Å². The van der Waals surface area contributed by atoms with Gasteiger partial charge in [0, 0.05) is 36.1 Å². The van der Waals surface area contributed by atoms with Crippen molar-refractivity contribution in [3.8, 4) is 11.4 Å². The zero-order valence-corrected chi connectivity index (χ0v) is 43.7. The predicted octanol–water partition coefficient (Wildman–Crippen LogP) is 17.6. The van der Waals surface area contributed by atoms with Gasteiger partial charge in [0.2, 0.25) is 0 Å². The molecular weight excluding hydrogens is 929 g/mol. The fourth-order valence-corrected chi connectivity index (χ4v) is 11.4. The fraction of sp³-hybridized carbons (Fsp3) is 0.0800. The minimum absolute atomic E-state index is 0.0749. The molecule has 12 aromatic rings. The number of hydrogen-bond acceptors (Lipinski definition) is 0. The lowest BCUT2D eigenvalue weighted by Gasteiger charge is -2.29. The maximum absolute atomic E-state index is 4.11. The van der Waals surface area contributed by atoms with Crippen LogP contribution >= 0.6 is 0 Å². The molecule has 11 aromatic carbocycles. The first-order chi connectivity index (χ1) is 38.1. The van der Waals surface area contributed by atoms with Crippen molar-refractivity contribution in [3.63, 3.8) is 0 Å². The lowest BCUT2D eigenvalue weighted by atomic mass is 9.78. The normalized spacial score (nSPS) is 11.2. The number of aryl methyl sites for hydroxylation is 2. The van der Waals surface area contributed by atoms with Crippen LogP contribution in [0.25, 0.3) is 11.4 Å². The molecule has 2 nitrogen and oxygen atoms in total. The number of rotatable bonds is 14. The highest BCUT2D eigenvalue weighted by atomic mass is 15.1. The Bertz CT molecular complexity index is 3100. The molecule has 0 aliphatic rings. The molecule has 0 saturated carbocycles. The molecule has 372 valence electrons. The summed E-state index contributed by atoms with van der Waals surface area (Å²) >= 11 is 0. The second-order valence-corrected chi connectivity index (χ2v) is 19.9. The van der Waals surface area contributed by atoms with E-state index in [0.717, 1.165) is 11.4 Å². The number of nitrogens with zero attached hydrogens (tertiary/aromatic N) is 2. The summed E-state index contributed by atoms with van der Waals surface area (Å²) in [5, 5.41) is 0. The Hall–Kier alpha value is -9.37. The van der Waals surface area contributed by atoms with Gasteiger partial charge in [-0.05, 0) is 80.6 Å². The van der Waals surface area contributed by atoms with Crippen molar-refractivity contribution in [2.24, 2.45) is 0 Å². The molecule has 0 aliphatic carbocycles. The largest absolute Gasteiger partial charge is 0.298 e. The van der Waals surface area contributed by atoms with Crippen LogP contribution in [-0.4, -0.2) is 4.57 Å². The van der Waals surface area contributed by atoms with Crippen LogP contribution < -0.4 is 4.57 Å². The summed E-state index contributed by atoms with van der Waals surface area (Å²) in [7, 11) is 0. The standard InChI is InChI=1S/C69H56N2.C6H6/c1-50-45-60(64(52-27-11-3-12-28-52)53-29-13-4-14-30-53)68(61(46-50)65(54-31-15-5-16-32-54)55-33-17-6-18-34-55)70-43-44-71(49-70)69-62(66(56-35-19-7-20-36-56)57-37-21-8-22-38-57)47-51(2)48-63(69)67(58-39-23-9-24-40-58)59-41-25-10-26-42-59;1-2-4-6-5-3-1/h3-48,64-67H,1-2H3;1-6H. The molecule has 1 heterocycles. The summed E-state index contributed by atoms with van der Waals surface area (Å²) in [4.78, 5) is 0. The zero-order chi connectivity index (χ0) is 52.2. The van der Waals surface area contributed by atoms with Crippen LogP contribution in [0.2, 0.25) is 0 Å². The second-order valence-electron chi connectivity index (χ2n) is 19.9. The minimum Gasteiger partial charge on any atom is -0.298 e. The van der Waals surface area contributed by atoms with Crippen molar-refractivity contribution in [1.82, 2.24) is 4.57 Å². The smallest absolute Gasteiger partial charge is 0.268 e. The number of aromatic nitrogens is 2. The van der Waals surface area contributed by atoms with E-state index < -0.39 is 0 Å². The van der Waals surface area contributed by atoms with Crippen LogP contribution in [-0.2, 0) is 0 Å². The van der Waals surface area contributed by atoms with Gasteiger partial charge in [-0.3, -0.25) is 9.13 Å². The van der Waals surface area contributed by atoms with E-state index in [-0.39, 0.29) is 23.7 Å². The van der Waals surface area contributed by atoms with Gasteiger partial charge in [0.25, 0.3) is 6.33 Å². The van der Waals surface area contributed by atoms with Gasteiger partial charge >= 0.3 is 0 Å². The Morgan fingerprint density at radius 2 is 0.494 bits per heavy atom. The maximum Gasteiger partial charge on any atom is 0.268 e. The van der Waals surface area contributed by atoms with E-state index in [4.69, 9.17) is 0 Å². The van der Waals surface area contributed by atoms with Gasteiger partial charge in [-0.1, -0.05) is 314 Å². The Morgan fingerprint density at radius 1 is 0.286 bits per heavy atom. The van der Waals surface area contributed by atoms with E-state index >= 15 is 0 Å². The van der Waals surface area contributed by atoms with Crippen LogP contribution in [0.4, 0.5) is 0 Å². The zero-order valence-electron chi connectivity index (χ0n) is 43.7. The van der Waals surface area contributed by atoms with Crippen LogP contribution in [0.5, 0.6) is 0 Å². The molecule has 0 aliphatic heterocycles. The van der Waals surface area contributed by atoms with Gasteiger partial charge in [0.1, 0.15) is 0 Å². The van der Waals surface area contributed by atoms with Gasteiger partial charge in [-0.15, -0.1) is 0 Å². The SMILES string of the molecule is Cc1cc(C(c2ccccc2)c2ccccc2)c(-n2[c-][n+](-c3c(C(c4ccccc4)c4ccccc4)cc(C)cc3C(c3ccccc3)c3ccccc3)cc2)c(C(c2ccccc2)c2ccccc2)c1.c1ccccc1. The molecule has 12 rings (SSSR count). The van der Waals surface area contributed by atoms with Gasteiger partial charge in [0.05, 0.1) is 11.4 Å². The highest BCUT2D eigenvalue weighted by Gasteiger charge is 2.31. The van der Waals surface area contributed by atoms with Crippen LogP contribution in [0, 0.1) is 20.2 Å². The Labute approximate surface area is 455 Å². The summed E-state index contributed by atoms with van der Waals surface area (Å²) in [6, 6.07) is 110. The third kappa shape index (κ3) is 11.2. The molecule has 0 bridgehead atoms. The molecule has 2 heteroatoms. The van der Waals surface area contributed by atoms with E-state index in [1.807, 2.05) is 36.4 Å². The van der Waals surface area contributed by atoms with Crippen molar-refractivity contribution >= 4 is 0 Å². The van der Waals surface area contributed by atoms with Crippen molar-refractivity contribution in [3.05, 3.63) is 400 Å². The van der Waals surface area contributed by atoms with Crippen LogP contribution in [0.3, 0.4) is 0 Å². The van der Waals surface area contributed by atoms with Crippen molar-refractivity contribution < 1.29 is 4.57 Å². The molecule has 0 unspecified atom stereocenters. The molecule has 0 atom stereocenters. The molecule has 0 spiro atoms. The summed E-state index contributed by atoms with van der Waals surface area (Å²) in [5.41, 5.74) is 19.4. The minimum atomic E-state index is -0.0749. The molecular formula is C75H62N2. The Balaban J connectivity index is 0.000000985. The molecule has 0 saturated heterocycles. The molecule has 0 fully saturated rings.